The van der Waals surface area contributed by atoms with Gasteiger partial charge in [-0.15, -0.1) is 0 Å². The summed E-state index contributed by atoms with van der Waals surface area (Å²) in [6.45, 7) is 2.33. The van der Waals surface area contributed by atoms with Gasteiger partial charge in [-0.2, -0.15) is 0 Å². The number of nitrogens with zero attached hydrogens (tertiary/aromatic N) is 4. The van der Waals surface area contributed by atoms with Crippen LogP contribution in [0.25, 0.3) is 0 Å². The SMILES string of the molecule is CN1CCN=C1c1ccc(C2=NOC(CN)C2)c(N(C)C)c1. The standard InChI is InChI=1S/C16H23N5O/c1-20(2)15-8-11(16-18-6-7-21(16)3)4-5-13(15)14-9-12(10-17)22-19-14/h4-5,8,12H,6-7,9-10,17H2,1-3H3. The average Bonchev–Trinajstić information content (AvgIpc) is 3.15. The Morgan fingerprint density at radius 1 is 1.41 bits per heavy atom. The Kier molecular flexibility index (Phi) is 4.02. The normalized spacial score (nSPS) is 20.7. The lowest BCUT2D eigenvalue weighted by molar-refractivity contribution is 0.0918. The topological polar surface area (TPSA) is 66.4 Å². The zero-order chi connectivity index (χ0) is 15.7. The second-order valence-corrected chi connectivity index (χ2v) is 5.96. The summed E-state index contributed by atoms with van der Waals surface area (Å²) in [7, 11) is 6.16. The van der Waals surface area contributed by atoms with Gasteiger partial charge in [0.1, 0.15) is 11.9 Å². The molecule has 0 saturated heterocycles. The van der Waals surface area contributed by atoms with Gasteiger partial charge in [-0.1, -0.05) is 17.3 Å². The molecule has 1 unspecified atom stereocenters. The monoisotopic (exact) mass is 301 g/mol. The number of oxime groups is 1. The highest BCUT2D eigenvalue weighted by atomic mass is 16.6. The van der Waals surface area contributed by atoms with Gasteiger partial charge in [0.15, 0.2) is 0 Å². The smallest absolute Gasteiger partial charge is 0.145 e. The number of aliphatic imine (C=N–C) groups is 1. The van der Waals surface area contributed by atoms with E-state index in [1.807, 2.05) is 14.1 Å². The fourth-order valence-corrected chi connectivity index (χ4v) is 2.84. The third-order valence-electron chi connectivity index (χ3n) is 4.10. The molecule has 0 fully saturated rings. The molecule has 0 bridgehead atoms. The minimum absolute atomic E-state index is 0.00460. The fraction of sp³-hybridized carbons (Fsp3) is 0.500. The van der Waals surface area contributed by atoms with E-state index in [9.17, 15) is 0 Å². The van der Waals surface area contributed by atoms with Crippen LogP contribution in [0.15, 0.2) is 28.3 Å². The van der Waals surface area contributed by atoms with Crippen molar-refractivity contribution in [1.29, 1.82) is 0 Å². The molecule has 1 atom stereocenters. The molecular formula is C16H23N5O. The Balaban J connectivity index is 1.95. The van der Waals surface area contributed by atoms with Gasteiger partial charge in [0, 0.05) is 57.5 Å². The largest absolute Gasteiger partial charge is 0.390 e. The van der Waals surface area contributed by atoms with Gasteiger partial charge in [0.25, 0.3) is 0 Å². The summed E-state index contributed by atoms with van der Waals surface area (Å²) in [5.74, 6) is 1.05. The van der Waals surface area contributed by atoms with Crippen molar-refractivity contribution in [3.63, 3.8) is 0 Å². The zero-order valence-electron chi connectivity index (χ0n) is 13.4. The lowest BCUT2D eigenvalue weighted by Gasteiger charge is -2.20. The zero-order valence-corrected chi connectivity index (χ0v) is 13.4. The Morgan fingerprint density at radius 3 is 2.82 bits per heavy atom. The lowest BCUT2D eigenvalue weighted by Crippen LogP contribution is -2.24. The van der Waals surface area contributed by atoms with E-state index < -0.39 is 0 Å². The van der Waals surface area contributed by atoms with Gasteiger partial charge in [-0.05, 0) is 6.07 Å². The molecule has 2 heterocycles. The molecule has 3 rings (SSSR count). The van der Waals surface area contributed by atoms with Crippen molar-refractivity contribution in [2.75, 3.05) is 45.7 Å². The summed E-state index contributed by atoms with van der Waals surface area (Å²) in [6, 6.07) is 6.40. The summed E-state index contributed by atoms with van der Waals surface area (Å²) >= 11 is 0. The highest BCUT2D eigenvalue weighted by Crippen LogP contribution is 2.27. The number of likely N-dealkylation sites (N-methyl/N-ethyl adjacent to an activating group) is 1. The Hall–Kier alpha value is -2.08. The predicted octanol–water partition coefficient (Wildman–Crippen LogP) is 0.896. The van der Waals surface area contributed by atoms with Crippen LogP contribution in [-0.2, 0) is 4.84 Å². The number of anilines is 1. The summed E-state index contributed by atoms with van der Waals surface area (Å²) < 4.78 is 0. The summed E-state index contributed by atoms with van der Waals surface area (Å²) in [5, 5.41) is 4.21. The van der Waals surface area contributed by atoms with E-state index in [1.165, 1.54) is 0 Å². The molecule has 22 heavy (non-hydrogen) atoms. The average molecular weight is 301 g/mol. The Morgan fingerprint density at radius 2 is 2.23 bits per heavy atom. The molecular weight excluding hydrogens is 278 g/mol. The van der Waals surface area contributed by atoms with Gasteiger partial charge in [-0.25, -0.2) is 0 Å². The summed E-state index contributed by atoms with van der Waals surface area (Å²) in [5.41, 5.74) is 10.00. The number of rotatable bonds is 4. The van der Waals surface area contributed by atoms with Crippen LogP contribution in [0.3, 0.4) is 0 Å². The number of nitrogens with two attached hydrogens (primary N) is 1. The molecule has 2 aliphatic heterocycles. The van der Waals surface area contributed by atoms with Crippen LogP contribution in [0.1, 0.15) is 17.5 Å². The maximum atomic E-state index is 5.66. The number of hydrogen-bond acceptors (Lipinski definition) is 6. The van der Waals surface area contributed by atoms with Crippen molar-refractivity contribution in [1.82, 2.24) is 4.90 Å². The van der Waals surface area contributed by atoms with Gasteiger partial charge >= 0.3 is 0 Å². The van der Waals surface area contributed by atoms with Crippen molar-refractivity contribution >= 4 is 17.2 Å². The van der Waals surface area contributed by atoms with E-state index in [0.717, 1.165) is 47.9 Å². The van der Waals surface area contributed by atoms with Gasteiger partial charge in [0.05, 0.1) is 12.3 Å². The molecule has 0 spiro atoms. The van der Waals surface area contributed by atoms with Gasteiger partial charge in [0.2, 0.25) is 0 Å². The first-order valence-electron chi connectivity index (χ1n) is 7.60. The molecule has 2 aliphatic rings. The van der Waals surface area contributed by atoms with Crippen molar-refractivity contribution in [3.05, 3.63) is 29.3 Å². The molecule has 0 amide bonds. The molecule has 6 heteroatoms. The molecule has 118 valence electrons. The van der Waals surface area contributed by atoms with Crippen LogP contribution >= 0.6 is 0 Å². The first kappa shape index (κ1) is 14.8. The van der Waals surface area contributed by atoms with Crippen molar-refractivity contribution in [3.8, 4) is 0 Å². The van der Waals surface area contributed by atoms with Crippen LogP contribution in [-0.4, -0.2) is 63.3 Å². The Bertz CT molecular complexity index is 623. The van der Waals surface area contributed by atoms with Crippen LogP contribution in [0.5, 0.6) is 0 Å². The van der Waals surface area contributed by atoms with E-state index in [-0.39, 0.29) is 6.10 Å². The molecule has 0 aliphatic carbocycles. The van der Waals surface area contributed by atoms with E-state index in [4.69, 9.17) is 10.6 Å². The molecule has 0 saturated carbocycles. The second kappa shape index (κ2) is 5.96. The molecule has 0 radical (unpaired) electrons. The minimum Gasteiger partial charge on any atom is -0.390 e. The maximum Gasteiger partial charge on any atom is 0.145 e. The van der Waals surface area contributed by atoms with Gasteiger partial charge in [-0.3, -0.25) is 4.99 Å². The van der Waals surface area contributed by atoms with Crippen molar-refractivity contribution in [2.24, 2.45) is 15.9 Å². The van der Waals surface area contributed by atoms with Crippen LogP contribution < -0.4 is 10.6 Å². The second-order valence-electron chi connectivity index (χ2n) is 5.96. The van der Waals surface area contributed by atoms with E-state index >= 15 is 0 Å². The fourth-order valence-electron chi connectivity index (χ4n) is 2.84. The van der Waals surface area contributed by atoms with E-state index in [1.54, 1.807) is 0 Å². The minimum atomic E-state index is -0.00460. The van der Waals surface area contributed by atoms with Gasteiger partial charge < -0.3 is 20.4 Å². The third-order valence-corrected chi connectivity index (χ3v) is 4.10. The summed E-state index contributed by atoms with van der Waals surface area (Å²) in [4.78, 5) is 14.2. The van der Waals surface area contributed by atoms with Crippen LogP contribution in [0, 0.1) is 0 Å². The Labute approximate surface area is 131 Å². The first-order chi connectivity index (χ1) is 10.6. The van der Waals surface area contributed by atoms with Crippen LogP contribution in [0.2, 0.25) is 0 Å². The predicted molar refractivity (Wildman–Crippen MR) is 89.9 cm³/mol. The third kappa shape index (κ3) is 2.66. The van der Waals surface area contributed by atoms with Crippen LogP contribution in [0.4, 0.5) is 5.69 Å². The lowest BCUT2D eigenvalue weighted by atomic mass is 10.00. The quantitative estimate of drug-likeness (QED) is 0.897. The highest BCUT2D eigenvalue weighted by Gasteiger charge is 2.24. The summed E-state index contributed by atoms with van der Waals surface area (Å²) in [6.07, 6.45) is 0.757. The molecule has 2 N–H and O–H groups in total. The van der Waals surface area contributed by atoms with E-state index in [2.05, 4.69) is 45.2 Å². The first-order valence-corrected chi connectivity index (χ1v) is 7.60. The molecule has 0 aromatic heterocycles. The van der Waals surface area contributed by atoms with Crippen molar-refractivity contribution in [2.45, 2.75) is 12.5 Å². The van der Waals surface area contributed by atoms with E-state index in [0.29, 0.717) is 6.54 Å². The molecule has 6 nitrogen and oxygen atoms in total. The number of benzene rings is 1. The number of hydrogen-bond donors (Lipinski definition) is 1. The van der Waals surface area contributed by atoms with Crippen molar-refractivity contribution < 1.29 is 4.84 Å². The molecule has 1 aromatic rings. The molecule has 1 aromatic carbocycles. The number of amidine groups is 1. The maximum absolute atomic E-state index is 5.66. The highest BCUT2D eigenvalue weighted by molar-refractivity contribution is 6.08.